The number of sulfone groups is 1. The largest absolute Gasteiger partial charge is 0.289 e. The van der Waals surface area contributed by atoms with Crippen molar-refractivity contribution in [3.8, 4) is 0 Å². The van der Waals surface area contributed by atoms with Gasteiger partial charge in [0, 0.05) is 22.1 Å². The quantitative estimate of drug-likeness (QED) is 0.737. The van der Waals surface area contributed by atoms with E-state index in [4.69, 9.17) is 4.55 Å². The Bertz CT molecular complexity index is 888. The molecule has 0 aliphatic rings. The molecule has 2 aromatic rings. The molecule has 0 spiro atoms. The van der Waals surface area contributed by atoms with Crippen molar-refractivity contribution in [2.75, 3.05) is 11.0 Å². The summed E-state index contributed by atoms with van der Waals surface area (Å²) >= 11 is -1.47. The molecule has 0 aromatic heterocycles. The molecule has 0 amide bonds. The molecular weight excluding hydrogens is 380 g/mol. The molecule has 130 valence electrons. The van der Waals surface area contributed by atoms with E-state index in [1.165, 1.54) is 24.3 Å². The Morgan fingerprint density at radius 1 is 1.17 bits per heavy atom. The number of hydrogen-bond acceptors (Lipinski definition) is 4. The van der Waals surface area contributed by atoms with Crippen molar-refractivity contribution in [2.45, 2.75) is 15.5 Å². The Labute approximate surface area is 144 Å². The van der Waals surface area contributed by atoms with Gasteiger partial charge in [-0.3, -0.25) is 9.27 Å². The zero-order valence-electron chi connectivity index (χ0n) is 12.3. The first-order valence-corrected chi connectivity index (χ1v) is 10.4. The minimum absolute atomic E-state index is 0.0969. The molecule has 1 atom stereocenters. The van der Waals surface area contributed by atoms with E-state index in [1.807, 2.05) is 0 Å². The molecular formula is C14H13F2NO4S3. The molecule has 10 heteroatoms. The number of rotatable bonds is 6. The lowest BCUT2D eigenvalue weighted by atomic mass is 10.2. The maximum absolute atomic E-state index is 13.8. The van der Waals surface area contributed by atoms with Crippen LogP contribution in [0.1, 0.15) is 5.56 Å². The van der Waals surface area contributed by atoms with E-state index in [0.717, 1.165) is 30.2 Å². The van der Waals surface area contributed by atoms with Gasteiger partial charge in [-0.25, -0.2) is 21.4 Å². The van der Waals surface area contributed by atoms with Crippen LogP contribution in [0.5, 0.6) is 0 Å². The van der Waals surface area contributed by atoms with Gasteiger partial charge in [-0.05, 0) is 29.8 Å². The average molecular weight is 393 g/mol. The van der Waals surface area contributed by atoms with Gasteiger partial charge in [0.15, 0.2) is 9.84 Å². The van der Waals surface area contributed by atoms with Crippen molar-refractivity contribution in [1.29, 1.82) is 0 Å². The lowest BCUT2D eigenvalue weighted by Gasteiger charge is -2.12. The van der Waals surface area contributed by atoms with Crippen molar-refractivity contribution < 1.29 is 26.0 Å². The molecule has 0 bridgehead atoms. The maximum atomic E-state index is 13.8. The minimum Gasteiger partial charge on any atom is -0.289 e. The summed E-state index contributed by atoms with van der Waals surface area (Å²) in [6, 6.07) is 7.44. The summed E-state index contributed by atoms with van der Waals surface area (Å²) in [6.07, 6.45) is 1.08. The molecule has 5 nitrogen and oxygen atoms in total. The van der Waals surface area contributed by atoms with Crippen molar-refractivity contribution in [2.24, 2.45) is 0 Å². The molecule has 0 saturated heterocycles. The molecule has 2 N–H and O–H groups in total. The van der Waals surface area contributed by atoms with Crippen molar-refractivity contribution in [3.05, 3.63) is 53.6 Å². The van der Waals surface area contributed by atoms with Gasteiger partial charge in [0.05, 0.1) is 11.4 Å². The molecule has 0 aliphatic heterocycles. The number of nitrogens with one attached hydrogen (secondary N) is 1. The Morgan fingerprint density at radius 3 is 2.46 bits per heavy atom. The summed E-state index contributed by atoms with van der Waals surface area (Å²) in [4.78, 5) is 0.434. The van der Waals surface area contributed by atoms with Gasteiger partial charge in [0.1, 0.15) is 11.6 Å². The predicted molar refractivity (Wildman–Crippen MR) is 89.9 cm³/mol. The summed E-state index contributed by atoms with van der Waals surface area (Å²) in [6.45, 7) is 0. The molecule has 0 heterocycles. The van der Waals surface area contributed by atoms with Crippen LogP contribution in [0.2, 0.25) is 0 Å². The SMILES string of the molecule is CS(=O)(=O)Cc1ccc(NS(=O)O)c(Sc2ccc(F)cc2F)c1. The van der Waals surface area contributed by atoms with Crippen LogP contribution in [-0.2, 0) is 26.9 Å². The van der Waals surface area contributed by atoms with Crippen LogP contribution in [0.15, 0.2) is 46.2 Å². The Balaban J connectivity index is 2.42. The van der Waals surface area contributed by atoms with Crippen molar-refractivity contribution in [1.82, 2.24) is 0 Å². The summed E-state index contributed by atoms with van der Waals surface area (Å²) < 4.78 is 71.8. The molecule has 0 fully saturated rings. The second-order valence-electron chi connectivity index (χ2n) is 4.93. The van der Waals surface area contributed by atoms with Gasteiger partial charge in [0.2, 0.25) is 0 Å². The fourth-order valence-electron chi connectivity index (χ4n) is 1.90. The number of benzene rings is 2. The van der Waals surface area contributed by atoms with E-state index < -0.39 is 32.7 Å². The fraction of sp³-hybridized carbons (Fsp3) is 0.143. The van der Waals surface area contributed by atoms with E-state index in [-0.39, 0.29) is 16.3 Å². The second-order valence-corrected chi connectivity index (χ2v) is 8.86. The lowest BCUT2D eigenvalue weighted by Crippen LogP contribution is -2.05. The average Bonchev–Trinajstić information content (AvgIpc) is 2.42. The highest BCUT2D eigenvalue weighted by molar-refractivity contribution is 7.99. The van der Waals surface area contributed by atoms with Crippen LogP contribution in [0.25, 0.3) is 0 Å². The molecule has 0 aliphatic carbocycles. The standard InChI is InChI=1S/C14H13F2NO4S3/c1-24(20,21)8-9-2-4-12(17-23(18)19)14(6-9)22-13-5-3-10(15)7-11(13)16/h2-7,17H,8H2,1H3,(H,18,19). The van der Waals surface area contributed by atoms with Crippen molar-refractivity contribution in [3.63, 3.8) is 0 Å². The third-order valence-corrected chi connectivity index (χ3v) is 5.15. The zero-order valence-corrected chi connectivity index (χ0v) is 14.8. The number of anilines is 1. The van der Waals surface area contributed by atoms with E-state index in [9.17, 15) is 21.4 Å². The summed E-state index contributed by atoms with van der Waals surface area (Å²) in [5.41, 5.74) is 0.665. The molecule has 0 saturated carbocycles. The van der Waals surface area contributed by atoms with Crippen LogP contribution >= 0.6 is 11.8 Å². The van der Waals surface area contributed by atoms with Crippen LogP contribution in [0, 0.1) is 11.6 Å². The highest BCUT2D eigenvalue weighted by atomic mass is 32.2. The fourth-order valence-corrected chi connectivity index (χ4v) is 4.08. The number of hydrogen-bond donors (Lipinski definition) is 2. The monoisotopic (exact) mass is 393 g/mol. The number of halogens is 2. The van der Waals surface area contributed by atoms with Gasteiger partial charge in [-0.15, -0.1) is 0 Å². The maximum Gasteiger partial charge on any atom is 0.259 e. The van der Waals surface area contributed by atoms with Gasteiger partial charge < -0.3 is 0 Å². The highest BCUT2D eigenvalue weighted by Gasteiger charge is 2.13. The first-order valence-electron chi connectivity index (χ1n) is 6.45. The Morgan fingerprint density at radius 2 is 1.88 bits per heavy atom. The molecule has 0 radical (unpaired) electrons. The summed E-state index contributed by atoms with van der Waals surface area (Å²) in [5.74, 6) is -1.74. The first kappa shape index (κ1) is 18.8. The summed E-state index contributed by atoms with van der Waals surface area (Å²) in [5, 5.41) is 0. The smallest absolute Gasteiger partial charge is 0.259 e. The normalized spacial score (nSPS) is 12.8. The zero-order chi connectivity index (χ0) is 17.9. The lowest BCUT2D eigenvalue weighted by molar-refractivity contribution is 0.565. The van der Waals surface area contributed by atoms with Gasteiger partial charge in [-0.2, -0.15) is 0 Å². The molecule has 2 rings (SSSR count). The van der Waals surface area contributed by atoms with Gasteiger partial charge in [-0.1, -0.05) is 17.8 Å². The predicted octanol–water partition coefficient (Wildman–Crippen LogP) is 3.21. The van der Waals surface area contributed by atoms with E-state index in [2.05, 4.69) is 4.72 Å². The van der Waals surface area contributed by atoms with Crippen LogP contribution in [-0.4, -0.2) is 23.4 Å². The third kappa shape index (κ3) is 5.55. The third-order valence-electron chi connectivity index (χ3n) is 2.79. The molecule has 24 heavy (non-hydrogen) atoms. The van der Waals surface area contributed by atoms with E-state index >= 15 is 0 Å². The topological polar surface area (TPSA) is 83.5 Å². The Hall–Kier alpha value is -1.49. The Kier molecular flexibility index (Phi) is 5.97. The minimum atomic E-state index is -3.28. The highest BCUT2D eigenvalue weighted by Crippen LogP contribution is 2.36. The van der Waals surface area contributed by atoms with Gasteiger partial charge in [0.25, 0.3) is 11.3 Å². The first-order chi connectivity index (χ1) is 11.1. The van der Waals surface area contributed by atoms with Gasteiger partial charge >= 0.3 is 0 Å². The van der Waals surface area contributed by atoms with E-state index in [1.54, 1.807) is 0 Å². The van der Waals surface area contributed by atoms with Crippen LogP contribution < -0.4 is 4.72 Å². The second kappa shape index (κ2) is 7.60. The summed E-state index contributed by atoms with van der Waals surface area (Å²) in [7, 11) is -3.28. The molecule has 2 aromatic carbocycles. The van der Waals surface area contributed by atoms with Crippen LogP contribution in [0.4, 0.5) is 14.5 Å². The van der Waals surface area contributed by atoms with Crippen LogP contribution in [0.3, 0.4) is 0 Å². The molecule has 1 unspecified atom stereocenters. The van der Waals surface area contributed by atoms with E-state index in [0.29, 0.717) is 10.5 Å². The van der Waals surface area contributed by atoms with Crippen molar-refractivity contribution >= 4 is 38.6 Å².